The first-order valence-corrected chi connectivity index (χ1v) is 13.5. The molecule has 2 amide bonds. The molecule has 234 valence electrons. The Labute approximate surface area is 251 Å². The minimum absolute atomic E-state index is 0.0773. The third-order valence-corrected chi connectivity index (χ3v) is 6.77. The van der Waals surface area contributed by atoms with Gasteiger partial charge in [0.05, 0.1) is 38.0 Å². The number of ether oxygens (including phenoxy) is 2. The van der Waals surface area contributed by atoms with E-state index in [1.807, 2.05) is 4.90 Å². The SMILES string of the molecule is C=CC(=O)Nc1cccc(NC(/N=C(\N=C)Nc2cnc(N3CCN(C(=O)C4COC4)CC3)nc2OC)=C(/C)C(F)(F)F)c1. The Hall–Kier alpha value is -4.99. The number of nitrogens with zero attached hydrogens (tertiary/aromatic N) is 6. The molecule has 3 heterocycles. The van der Waals surface area contributed by atoms with Crippen LogP contribution in [0.4, 0.5) is 36.2 Å². The van der Waals surface area contributed by atoms with Crippen molar-refractivity contribution in [2.45, 2.75) is 13.1 Å². The molecule has 1 aromatic heterocycles. The maximum absolute atomic E-state index is 13.8. The molecule has 16 heteroatoms. The van der Waals surface area contributed by atoms with Gasteiger partial charge in [-0.25, -0.2) is 9.98 Å². The van der Waals surface area contributed by atoms with Gasteiger partial charge < -0.3 is 35.2 Å². The summed E-state index contributed by atoms with van der Waals surface area (Å²) in [6, 6.07) is 6.04. The lowest BCUT2D eigenvalue weighted by atomic mass is 10.1. The summed E-state index contributed by atoms with van der Waals surface area (Å²) in [5, 5.41) is 7.95. The molecule has 2 fully saturated rings. The average molecular weight is 616 g/mol. The van der Waals surface area contributed by atoms with Crippen molar-refractivity contribution in [3.05, 3.63) is 54.5 Å². The lowest BCUT2D eigenvalue weighted by Gasteiger charge is -2.38. The van der Waals surface area contributed by atoms with Crippen LogP contribution in [0, 0.1) is 5.92 Å². The predicted octanol–water partition coefficient (Wildman–Crippen LogP) is 3.28. The van der Waals surface area contributed by atoms with E-state index in [0.29, 0.717) is 51.0 Å². The van der Waals surface area contributed by atoms with E-state index in [2.05, 4.69) is 49.2 Å². The van der Waals surface area contributed by atoms with Crippen LogP contribution in [0.5, 0.6) is 5.88 Å². The number of piperazine rings is 1. The van der Waals surface area contributed by atoms with E-state index < -0.39 is 23.5 Å². The van der Waals surface area contributed by atoms with Gasteiger partial charge in [-0.3, -0.25) is 9.59 Å². The maximum Gasteiger partial charge on any atom is 0.415 e. The summed E-state index contributed by atoms with van der Waals surface area (Å²) < 4.78 is 51.8. The molecular weight excluding hydrogens is 583 g/mol. The Morgan fingerprint density at radius 1 is 1.14 bits per heavy atom. The third-order valence-electron chi connectivity index (χ3n) is 6.77. The van der Waals surface area contributed by atoms with Gasteiger partial charge >= 0.3 is 6.18 Å². The summed E-state index contributed by atoms with van der Waals surface area (Å²) in [4.78, 5) is 44.4. The first kappa shape index (κ1) is 31.9. The summed E-state index contributed by atoms with van der Waals surface area (Å²) in [5.41, 5.74) is -0.317. The van der Waals surface area contributed by atoms with Gasteiger partial charge in [0, 0.05) is 37.6 Å². The van der Waals surface area contributed by atoms with Crippen molar-refractivity contribution in [3.63, 3.8) is 0 Å². The molecule has 2 aromatic rings. The number of rotatable bonds is 9. The Bertz CT molecular complexity index is 1470. The topological polar surface area (TPSA) is 146 Å². The molecule has 0 atom stereocenters. The van der Waals surface area contributed by atoms with Crippen molar-refractivity contribution in [2.75, 3.05) is 67.4 Å². The molecule has 2 saturated heterocycles. The molecule has 0 radical (unpaired) electrons. The smallest absolute Gasteiger partial charge is 0.415 e. The van der Waals surface area contributed by atoms with E-state index in [9.17, 15) is 22.8 Å². The van der Waals surface area contributed by atoms with Gasteiger partial charge in [-0.05, 0) is 37.9 Å². The predicted molar refractivity (Wildman–Crippen MR) is 160 cm³/mol. The zero-order chi connectivity index (χ0) is 31.9. The highest BCUT2D eigenvalue weighted by atomic mass is 19.4. The number of anilines is 4. The number of carbonyl (C=O) groups is 2. The summed E-state index contributed by atoms with van der Waals surface area (Å²) in [5.74, 6) is -0.912. The van der Waals surface area contributed by atoms with E-state index in [0.717, 1.165) is 13.0 Å². The van der Waals surface area contributed by atoms with E-state index in [1.165, 1.54) is 25.4 Å². The van der Waals surface area contributed by atoms with Crippen molar-refractivity contribution in [2.24, 2.45) is 15.9 Å². The number of alkyl halides is 3. The number of guanidine groups is 1. The van der Waals surface area contributed by atoms with Crippen LogP contribution in [-0.4, -0.2) is 92.0 Å². The molecule has 2 aliphatic heterocycles. The molecular formula is C28H32F3N9O4. The molecule has 13 nitrogen and oxygen atoms in total. The van der Waals surface area contributed by atoms with Gasteiger partial charge in [-0.1, -0.05) is 12.6 Å². The highest BCUT2D eigenvalue weighted by Crippen LogP contribution is 2.30. The largest absolute Gasteiger partial charge is 0.479 e. The standard InChI is InChI=1S/C28H32F3N9O4/c1-5-22(41)34-19-7-6-8-20(13-19)35-23(17(2)28(29,30)31)37-26(32-3)36-21-14-33-27(38-24(21)43-4)40-11-9-39(10-12-40)25(42)18-15-44-16-18/h5-8,13-14,18,35H,1,3,9-12,15-16H2,2,4H3,(H,34,41)(H,36,37)/b23-17+. The minimum Gasteiger partial charge on any atom is -0.479 e. The Morgan fingerprint density at radius 2 is 1.82 bits per heavy atom. The number of hydrogen-bond donors (Lipinski definition) is 3. The van der Waals surface area contributed by atoms with Crippen LogP contribution in [-0.2, 0) is 14.3 Å². The van der Waals surface area contributed by atoms with Gasteiger partial charge in [0.2, 0.25) is 29.6 Å². The van der Waals surface area contributed by atoms with Crippen LogP contribution in [0.15, 0.2) is 64.5 Å². The van der Waals surface area contributed by atoms with Crippen LogP contribution in [0.25, 0.3) is 0 Å². The van der Waals surface area contributed by atoms with E-state index in [1.54, 1.807) is 17.0 Å². The van der Waals surface area contributed by atoms with Gasteiger partial charge in [0.15, 0.2) is 0 Å². The number of aromatic nitrogens is 2. The molecule has 0 spiro atoms. The monoisotopic (exact) mass is 615 g/mol. The summed E-state index contributed by atoms with van der Waals surface area (Å²) >= 11 is 0. The number of aliphatic imine (C=N–C) groups is 2. The van der Waals surface area contributed by atoms with Crippen LogP contribution >= 0.6 is 0 Å². The summed E-state index contributed by atoms with van der Waals surface area (Å²) in [6.45, 7) is 10.6. The van der Waals surface area contributed by atoms with Gasteiger partial charge in [-0.15, -0.1) is 0 Å². The van der Waals surface area contributed by atoms with Gasteiger partial charge in [-0.2, -0.15) is 23.1 Å². The number of hydrogen-bond acceptors (Lipinski definition) is 9. The lowest BCUT2D eigenvalue weighted by molar-refractivity contribution is -0.150. The Kier molecular flexibility index (Phi) is 10.2. The van der Waals surface area contributed by atoms with E-state index >= 15 is 0 Å². The zero-order valence-electron chi connectivity index (χ0n) is 24.1. The van der Waals surface area contributed by atoms with Crippen molar-refractivity contribution in [3.8, 4) is 5.88 Å². The van der Waals surface area contributed by atoms with Crippen molar-refractivity contribution >= 4 is 47.5 Å². The highest BCUT2D eigenvalue weighted by molar-refractivity contribution is 5.99. The van der Waals surface area contributed by atoms with Crippen LogP contribution in [0.2, 0.25) is 0 Å². The van der Waals surface area contributed by atoms with Gasteiger partial charge in [0.25, 0.3) is 0 Å². The number of methoxy groups -OCH3 is 1. The van der Waals surface area contributed by atoms with Crippen LogP contribution in [0.1, 0.15) is 6.92 Å². The quantitative estimate of drug-likeness (QED) is 0.220. The van der Waals surface area contributed by atoms with Crippen molar-refractivity contribution < 1.29 is 32.2 Å². The van der Waals surface area contributed by atoms with Crippen molar-refractivity contribution in [1.82, 2.24) is 14.9 Å². The van der Waals surface area contributed by atoms with E-state index in [4.69, 9.17) is 9.47 Å². The summed E-state index contributed by atoms with van der Waals surface area (Å²) in [7, 11) is 1.38. The Morgan fingerprint density at radius 3 is 2.39 bits per heavy atom. The summed E-state index contributed by atoms with van der Waals surface area (Å²) in [6.07, 6.45) is -2.27. The minimum atomic E-state index is -4.73. The number of allylic oxidation sites excluding steroid dienone is 1. The van der Waals surface area contributed by atoms with Crippen molar-refractivity contribution in [1.29, 1.82) is 0 Å². The zero-order valence-corrected chi connectivity index (χ0v) is 24.1. The fourth-order valence-electron chi connectivity index (χ4n) is 4.19. The third kappa shape index (κ3) is 7.89. The molecule has 3 N–H and O–H groups in total. The second-order valence-electron chi connectivity index (χ2n) is 9.73. The number of halogens is 3. The number of carbonyl (C=O) groups excluding carboxylic acids is 2. The molecule has 4 rings (SSSR count). The van der Waals surface area contributed by atoms with E-state index in [-0.39, 0.29) is 35.0 Å². The number of amides is 2. The fourth-order valence-corrected chi connectivity index (χ4v) is 4.19. The molecule has 0 saturated carbocycles. The van der Waals surface area contributed by atoms with Crippen LogP contribution in [0.3, 0.4) is 0 Å². The number of benzene rings is 1. The molecule has 2 aliphatic rings. The molecule has 0 aliphatic carbocycles. The first-order valence-electron chi connectivity index (χ1n) is 13.5. The highest BCUT2D eigenvalue weighted by Gasteiger charge is 2.34. The molecule has 1 aromatic carbocycles. The average Bonchev–Trinajstić information content (AvgIpc) is 2.98. The Balaban J connectivity index is 1.52. The molecule has 0 bridgehead atoms. The second-order valence-corrected chi connectivity index (χ2v) is 9.73. The maximum atomic E-state index is 13.8. The first-order chi connectivity index (χ1) is 21.0. The molecule has 44 heavy (non-hydrogen) atoms. The second kappa shape index (κ2) is 14.0. The molecule has 0 unspecified atom stereocenters. The fraction of sp³-hybridized carbons (Fsp3) is 0.357. The van der Waals surface area contributed by atoms with Crippen LogP contribution < -0.4 is 25.6 Å². The lowest BCUT2D eigenvalue weighted by Crippen LogP contribution is -2.53. The normalized spacial score (nSPS) is 16.3. The number of nitrogens with one attached hydrogen (secondary N) is 3. The van der Waals surface area contributed by atoms with Gasteiger partial charge in [0.1, 0.15) is 11.5 Å².